The van der Waals surface area contributed by atoms with Crippen molar-refractivity contribution in [3.63, 3.8) is 0 Å². The predicted octanol–water partition coefficient (Wildman–Crippen LogP) is 6.63. The average Bonchev–Trinajstić information content (AvgIpc) is 3.53. The molecule has 5 N–H and O–H groups in total. The number of nitrogens with two attached hydrogens (primary N) is 2. The Morgan fingerprint density at radius 2 is 1.80 bits per heavy atom. The highest BCUT2D eigenvalue weighted by atomic mass is 16.7. The maximum atomic E-state index is 12.7. The van der Waals surface area contributed by atoms with E-state index < -0.39 is 34.5 Å². The fourth-order valence-electron chi connectivity index (χ4n) is 12.0. The third-order valence-electron chi connectivity index (χ3n) is 15.9. The van der Waals surface area contributed by atoms with Gasteiger partial charge in [-0.2, -0.15) is 5.10 Å². The summed E-state index contributed by atoms with van der Waals surface area (Å²) in [5.41, 5.74) is 11.9. The summed E-state index contributed by atoms with van der Waals surface area (Å²) in [4.78, 5) is 29.4. The lowest BCUT2D eigenvalue weighted by Gasteiger charge is -2.71. The number of amides is 1. The van der Waals surface area contributed by atoms with E-state index in [4.69, 9.17) is 25.7 Å². The molecular weight excluding hydrogens is 634 g/mol. The Balaban J connectivity index is 1.47. The number of carboxylic acid groups (broad SMARTS) is 1. The van der Waals surface area contributed by atoms with E-state index >= 15 is 0 Å². The van der Waals surface area contributed by atoms with Crippen molar-refractivity contribution >= 4 is 12.1 Å². The maximum Gasteiger partial charge on any atom is 0.506 e. The Bertz CT molecular complexity index is 1520. The van der Waals surface area contributed by atoms with Gasteiger partial charge in [0.05, 0.1) is 32.0 Å². The minimum atomic E-state index is -1.19. The summed E-state index contributed by atoms with van der Waals surface area (Å²) in [7, 11) is 0. The molecule has 1 saturated heterocycles. The van der Waals surface area contributed by atoms with Gasteiger partial charge in [-0.1, -0.05) is 74.0 Å². The van der Waals surface area contributed by atoms with Gasteiger partial charge in [-0.25, -0.2) is 14.5 Å². The van der Waals surface area contributed by atoms with Gasteiger partial charge >= 0.3 is 6.16 Å². The first-order valence-corrected chi connectivity index (χ1v) is 19.0. The Morgan fingerprint density at radius 1 is 1.10 bits per heavy atom. The second-order valence-electron chi connectivity index (χ2n) is 18.9. The van der Waals surface area contributed by atoms with Gasteiger partial charge < -0.3 is 30.8 Å². The lowest BCUT2D eigenvalue weighted by molar-refractivity contribution is -0.256. The van der Waals surface area contributed by atoms with E-state index in [9.17, 15) is 14.7 Å². The number of allylic oxidation sites excluding steroid dienone is 1. The number of carbonyl (C=O) groups excluding carboxylic acids is 1. The molecule has 0 spiro atoms. The molecule has 3 saturated carbocycles. The van der Waals surface area contributed by atoms with Crippen LogP contribution < -0.4 is 11.5 Å². The quantitative estimate of drug-likeness (QED) is 0.190. The van der Waals surface area contributed by atoms with Crippen LogP contribution in [0.1, 0.15) is 124 Å². The van der Waals surface area contributed by atoms with Crippen molar-refractivity contribution in [1.29, 1.82) is 0 Å². The van der Waals surface area contributed by atoms with E-state index in [0.29, 0.717) is 32.2 Å². The molecule has 2 bridgehead atoms. The predicted molar refractivity (Wildman–Crippen MR) is 190 cm³/mol. The Labute approximate surface area is 298 Å². The van der Waals surface area contributed by atoms with E-state index in [0.717, 1.165) is 32.1 Å². The highest BCUT2D eigenvalue weighted by Gasteiger charge is 2.72. The number of nitrogens with zero attached hydrogens (tertiary/aromatic N) is 3. The van der Waals surface area contributed by atoms with Crippen molar-refractivity contribution in [1.82, 2.24) is 14.8 Å². The summed E-state index contributed by atoms with van der Waals surface area (Å²) < 4.78 is 21.4. The van der Waals surface area contributed by atoms with Gasteiger partial charge in [0.25, 0.3) is 5.91 Å². The van der Waals surface area contributed by atoms with E-state index in [1.54, 1.807) is 4.68 Å². The summed E-state index contributed by atoms with van der Waals surface area (Å²) in [5.74, 6) is 0.867. The fraction of sp³-hybridized carbons (Fsp3) is 0.846. The molecule has 11 heteroatoms. The summed E-state index contributed by atoms with van der Waals surface area (Å²) >= 11 is 0. The van der Waals surface area contributed by atoms with Gasteiger partial charge in [0, 0.05) is 27.2 Å². The molecule has 1 aromatic heterocycles. The largest absolute Gasteiger partial charge is 0.506 e. The first kappa shape index (κ1) is 37.3. The molecule has 4 aliphatic carbocycles. The molecule has 0 aromatic carbocycles. The van der Waals surface area contributed by atoms with E-state index in [1.807, 2.05) is 6.92 Å². The normalized spacial score (nSPS) is 42.8. The van der Waals surface area contributed by atoms with Crippen LogP contribution in [-0.4, -0.2) is 69.5 Å². The van der Waals surface area contributed by atoms with Gasteiger partial charge in [-0.05, 0) is 80.5 Å². The van der Waals surface area contributed by atoms with Crippen molar-refractivity contribution in [3.05, 3.63) is 23.8 Å². The molecule has 11 nitrogen and oxygen atoms in total. The molecule has 12 atom stereocenters. The summed E-state index contributed by atoms with van der Waals surface area (Å²) in [6.45, 7) is 23.7. The Hall–Kier alpha value is -2.50. The third-order valence-corrected chi connectivity index (χ3v) is 15.9. The summed E-state index contributed by atoms with van der Waals surface area (Å²) in [5, 5.41) is 14.8. The highest BCUT2D eigenvalue weighted by molar-refractivity contribution is 5.89. The zero-order valence-corrected chi connectivity index (χ0v) is 32.1. The van der Waals surface area contributed by atoms with Crippen molar-refractivity contribution in [2.45, 2.75) is 132 Å². The van der Waals surface area contributed by atoms with Crippen LogP contribution in [0, 0.1) is 56.7 Å². The second kappa shape index (κ2) is 12.3. The van der Waals surface area contributed by atoms with Crippen LogP contribution in [0.15, 0.2) is 18.0 Å². The van der Waals surface area contributed by atoms with Crippen molar-refractivity contribution in [2.75, 3.05) is 19.8 Å². The van der Waals surface area contributed by atoms with Crippen LogP contribution in [0.25, 0.3) is 0 Å². The number of carbonyl (C=O) groups is 2. The van der Waals surface area contributed by atoms with Crippen molar-refractivity contribution in [3.8, 4) is 0 Å². The number of rotatable bonds is 9. The van der Waals surface area contributed by atoms with Gasteiger partial charge in [-0.15, -0.1) is 0 Å². The highest BCUT2D eigenvalue weighted by Crippen LogP contribution is 2.74. The molecule has 2 heterocycles. The molecule has 6 rings (SSSR count). The van der Waals surface area contributed by atoms with Crippen molar-refractivity contribution in [2.24, 2.45) is 68.1 Å². The molecule has 1 aromatic rings. The van der Waals surface area contributed by atoms with E-state index in [1.165, 1.54) is 11.9 Å². The molecule has 280 valence electrons. The van der Waals surface area contributed by atoms with Gasteiger partial charge in [-0.3, -0.25) is 4.79 Å². The first-order valence-electron chi connectivity index (χ1n) is 19.0. The fourth-order valence-corrected chi connectivity index (χ4v) is 12.0. The molecule has 50 heavy (non-hydrogen) atoms. The van der Waals surface area contributed by atoms with Gasteiger partial charge in [0.2, 0.25) is 5.82 Å². The molecule has 1 amide bonds. The number of hydrogen-bond donors (Lipinski definition) is 3. The minimum absolute atomic E-state index is 0.129. The zero-order chi connectivity index (χ0) is 36.8. The van der Waals surface area contributed by atoms with Crippen LogP contribution in [0.2, 0.25) is 0 Å². The van der Waals surface area contributed by atoms with Crippen LogP contribution in [-0.2, 0) is 14.2 Å². The number of ether oxygens (including phenoxy) is 3. The first-order chi connectivity index (χ1) is 23.2. The van der Waals surface area contributed by atoms with Crippen LogP contribution >= 0.6 is 0 Å². The molecular formula is C39H63N5O6. The molecule has 5 aliphatic rings. The molecule has 4 fully saturated rings. The topological polar surface area (TPSA) is 165 Å². The number of hydrogen-bond acceptors (Lipinski definition) is 8. The monoisotopic (exact) mass is 697 g/mol. The lowest BCUT2D eigenvalue weighted by atomic mass is 9.35. The van der Waals surface area contributed by atoms with Gasteiger partial charge in [0.1, 0.15) is 12.4 Å². The van der Waals surface area contributed by atoms with Crippen LogP contribution in [0.4, 0.5) is 4.79 Å². The Morgan fingerprint density at radius 3 is 2.42 bits per heavy atom. The summed E-state index contributed by atoms with van der Waals surface area (Å²) in [6.07, 6.45) is 7.15. The minimum Gasteiger partial charge on any atom is -0.450 e. The Kier molecular flexibility index (Phi) is 9.16. The number of fused-ring (bicyclic) bond motifs is 3. The third kappa shape index (κ3) is 5.21. The second-order valence-corrected chi connectivity index (χ2v) is 18.9. The standard InChI is InChI=1S/C39H63N5O6/c1-22(2)24(5)34(6)15-16-36(8)25-11-12-28-35(7)18-48-20-39(28,26(25)13-14-37(36,9)32(34)50-33(46)47)17-27(44-31(30(40)45)42-21-43-44)29(35)49-19-38(10,41)23(3)4/h13,21-25,27-29,32H,11-12,14-20,41H2,1-10H3,(H2,40,45)(H,46,47)/t24-,25+,27-,28+,29+,32-,34-,35-,36-,37-,38+,39+/m1/s1. The molecule has 0 radical (unpaired) electrons. The van der Waals surface area contributed by atoms with Gasteiger partial charge in [0.15, 0.2) is 0 Å². The summed E-state index contributed by atoms with van der Waals surface area (Å²) in [6, 6.07) is -0.321. The van der Waals surface area contributed by atoms with Crippen molar-refractivity contribution < 1.29 is 28.9 Å². The molecule has 1 aliphatic heterocycles. The van der Waals surface area contributed by atoms with Crippen LogP contribution in [0.3, 0.4) is 0 Å². The maximum absolute atomic E-state index is 12.7. The van der Waals surface area contributed by atoms with E-state index in [2.05, 4.69) is 78.5 Å². The lowest BCUT2D eigenvalue weighted by Crippen LogP contribution is -2.70. The molecule has 0 unspecified atom stereocenters. The zero-order valence-electron chi connectivity index (χ0n) is 32.1. The van der Waals surface area contributed by atoms with E-state index in [-0.39, 0.29) is 57.9 Å². The van der Waals surface area contributed by atoms with Crippen LogP contribution in [0.5, 0.6) is 0 Å². The SMILES string of the molecule is CC(C)[C@@H](C)[C@@]1(C)CC[C@]2(C)[C@H]3CC[C@@H]4[C@@]5(COC[C@@]4(C)[C@@H](OC[C@](C)(N)C(C)C)[C@H](n4ncnc4C(N)=O)C5)C3=CC[C@]2(C)[C@@H]1OC(=O)O. The average molecular weight is 698 g/mol. The smallest absolute Gasteiger partial charge is 0.450 e. The number of primary amides is 1. The number of aromatic nitrogens is 3.